The van der Waals surface area contributed by atoms with Crippen molar-refractivity contribution in [2.45, 2.75) is 26.8 Å². The number of rotatable bonds is 8. The van der Waals surface area contributed by atoms with Crippen molar-refractivity contribution < 1.29 is 9.47 Å². The molecule has 0 radical (unpaired) electrons. The van der Waals surface area contributed by atoms with Crippen LogP contribution in [0, 0.1) is 6.92 Å². The van der Waals surface area contributed by atoms with Gasteiger partial charge in [-0.05, 0) is 26.5 Å². The molecule has 3 heteroatoms. The smallest absolute Gasteiger partial charge is 0.123 e. The summed E-state index contributed by atoms with van der Waals surface area (Å²) in [6.07, 6.45) is 1.05. The maximum atomic E-state index is 5.73. The van der Waals surface area contributed by atoms with Crippen LogP contribution in [0.5, 0.6) is 5.75 Å². The third kappa shape index (κ3) is 5.20. The van der Waals surface area contributed by atoms with E-state index in [1.807, 2.05) is 13.1 Å². The predicted molar refractivity (Wildman–Crippen MR) is 70.5 cm³/mol. The normalized spacial score (nSPS) is 10.5. The fourth-order valence-corrected chi connectivity index (χ4v) is 1.63. The van der Waals surface area contributed by atoms with Gasteiger partial charge in [0.25, 0.3) is 0 Å². The molecule has 17 heavy (non-hydrogen) atoms. The third-order valence-corrected chi connectivity index (χ3v) is 2.42. The summed E-state index contributed by atoms with van der Waals surface area (Å²) in [5.74, 6) is 0.949. The molecule has 0 saturated carbocycles. The highest BCUT2D eigenvalue weighted by Crippen LogP contribution is 2.19. The zero-order chi connectivity index (χ0) is 12.5. The van der Waals surface area contributed by atoms with Crippen molar-refractivity contribution in [2.24, 2.45) is 0 Å². The highest BCUT2D eigenvalue weighted by molar-refractivity contribution is 5.36. The average molecular weight is 237 g/mol. The van der Waals surface area contributed by atoms with Gasteiger partial charge in [0.2, 0.25) is 0 Å². The van der Waals surface area contributed by atoms with E-state index in [0.29, 0.717) is 13.2 Å². The molecule has 0 amide bonds. The number of ether oxygens (including phenoxy) is 2. The molecule has 0 aromatic heterocycles. The first-order chi connectivity index (χ1) is 8.27. The molecule has 1 aromatic carbocycles. The third-order valence-electron chi connectivity index (χ3n) is 2.42. The van der Waals surface area contributed by atoms with E-state index in [-0.39, 0.29) is 0 Å². The molecule has 96 valence electrons. The monoisotopic (exact) mass is 237 g/mol. The van der Waals surface area contributed by atoms with Crippen molar-refractivity contribution in [3.63, 3.8) is 0 Å². The van der Waals surface area contributed by atoms with Gasteiger partial charge in [-0.2, -0.15) is 0 Å². The first-order valence-electron chi connectivity index (χ1n) is 6.22. The summed E-state index contributed by atoms with van der Waals surface area (Å²) in [6.45, 7) is 7.09. The quantitative estimate of drug-likeness (QED) is 0.705. The Morgan fingerprint density at radius 2 is 2.00 bits per heavy atom. The standard InChI is InChI=1S/C14H23NO2/c1-4-7-16-8-9-17-14-6-5-12(2)10-13(14)11-15-3/h5-6,10,15H,4,7-9,11H2,1-3H3. The summed E-state index contributed by atoms with van der Waals surface area (Å²) in [4.78, 5) is 0. The van der Waals surface area contributed by atoms with E-state index in [4.69, 9.17) is 9.47 Å². The first kappa shape index (κ1) is 14.0. The Morgan fingerprint density at radius 1 is 1.18 bits per heavy atom. The molecule has 0 unspecified atom stereocenters. The van der Waals surface area contributed by atoms with Crippen molar-refractivity contribution in [2.75, 3.05) is 26.9 Å². The van der Waals surface area contributed by atoms with Crippen molar-refractivity contribution in [1.29, 1.82) is 0 Å². The number of hydrogen-bond donors (Lipinski definition) is 1. The van der Waals surface area contributed by atoms with Gasteiger partial charge < -0.3 is 14.8 Å². The van der Waals surface area contributed by atoms with Crippen molar-refractivity contribution in [3.05, 3.63) is 29.3 Å². The number of benzene rings is 1. The Kier molecular flexibility index (Phi) is 6.67. The molecule has 0 atom stereocenters. The molecular weight excluding hydrogens is 214 g/mol. The molecule has 0 aliphatic heterocycles. The lowest BCUT2D eigenvalue weighted by molar-refractivity contribution is 0.100. The molecule has 1 rings (SSSR count). The van der Waals surface area contributed by atoms with E-state index < -0.39 is 0 Å². The fraction of sp³-hybridized carbons (Fsp3) is 0.571. The molecule has 3 nitrogen and oxygen atoms in total. The lowest BCUT2D eigenvalue weighted by Gasteiger charge is -2.12. The summed E-state index contributed by atoms with van der Waals surface area (Å²) < 4.78 is 11.1. The van der Waals surface area contributed by atoms with E-state index in [1.165, 1.54) is 11.1 Å². The molecule has 1 N–H and O–H groups in total. The second kappa shape index (κ2) is 8.09. The summed E-state index contributed by atoms with van der Waals surface area (Å²) in [5.41, 5.74) is 2.45. The van der Waals surface area contributed by atoms with Crippen LogP contribution in [0.3, 0.4) is 0 Å². The minimum Gasteiger partial charge on any atom is -0.491 e. The Morgan fingerprint density at radius 3 is 2.71 bits per heavy atom. The Balaban J connectivity index is 2.45. The van der Waals surface area contributed by atoms with E-state index in [9.17, 15) is 0 Å². The maximum Gasteiger partial charge on any atom is 0.123 e. The zero-order valence-electron chi connectivity index (χ0n) is 11.1. The van der Waals surface area contributed by atoms with Gasteiger partial charge in [-0.3, -0.25) is 0 Å². The van der Waals surface area contributed by atoms with Crippen LogP contribution in [0.15, 0.2) is 18.2 Å². The molecule has 0 aliphatic carbocycles. The topological polar surface area (TPSA) is 30.5 Å². The van der Waals surface area contributed by atoms with Crippen molar-refractivity contribution >= 4 is 0 Å². The molecule has 0 spiro atoms. The molecule has 0 saturated heterocycles. The summed E-state index contributed by atoms with van der Waals surface area (Å²) >= 11 is 0. The van der Waals surface area contributed by atoms with E-state index in [0.717, 1.165) is 25.3 Å². The fourth-order valence-electron chi connectivity index (χ4n) is 1.63. The van der Waals surface area contributed by atoms with Crippen molar-refractivity contribution in [3.8, 4) is 5.75 Å². The lowest BCUT2D eigenvalue weighted by atomic mass is 10.1. The SMILES string of the molecule is CCCOCCOc1ccc(C)cc1CNC. The van der Waals surface area contributed by atoms with Crippen molar-refractivity contribution in [1.82, 2.24) is 5.32 Å². The summed E-state index contributed by atoms with van der Waals surface area (Å²) in [7, 11) is 1.94. The summed E-state index contributed by atoms with van der Waals surface area (Å²) in [5, 5.41) is 3.15. The van der Waals surface area contributed by atoms with Crippen LogP contribution >= 0.6 is 0 Å². The molecule has 0 fully saturated rings. The molecule has 0 heterocycles. The van der Waals surface area contributed by atoms with Gasteiger partial charge in [-0.25, -0.2) is 0 Å². The second-order valence-electron chi connectivity index (χ2n) is 4.10. The predicted octanol–water partition coefficient (Wildman–Crippen LogP) is 2.52. The average Bonchev–Trinajstić information content (AvgIpc) is 2.32. The van der Waals surface area contributed by atoms with Crippen LogP contribution in [0.25, 0.3) is 0 Å². The van der Waals surface area contributed by atoms with E-state index in [1.54, 1.807) is 0 Å². The van der Waals surface area contributed by atoms with Gasteiger partial charge in [0.1, 0.15) is 12.4 Å². The number of aryl methyl sites for hydroxylation is 1. The Bertz CT molecular complexity index is 326. The number of hydrogen-bond acceptors (Lipinski definition) is 3. The molecule has 1 aromatic rings. The highest BCUT2D eigenvalue weighted by atomic mass is 16.5. The minimum atomic E-state index is 0.611. The first-order valence-corrected chi connectivity index (χ1v) is 6.22. The summed E-state index contributed by atoms with van der Waals surface area (Å²) in [6, 6.07) is 6.25. The van der Waals surface area contributed by atoms with Gasteiger partial charge in [-0.1, -0.05) is 24.6 Å². The van der Waals surface area contributed by atoms with Gasteiger partial charge in [0, 0.05) is 18.7 Å². The minimum absolute atomic E-state index is 0.611. The van der Waals surface area contributed by atoms with Gasteiger partial charge >= 0.3 is 0 Å². The van der Waals surface area contributed by atoms with Crippen LogP contribution < -0.4 is 10.1 Å². The Hall–Kier alpha value is -1.06. The highest BCUT2D eigenvalue weighted by Gasteiger charge is 2.03. The van der Waals surface area contributed by atoms with Crippen LogP contribution in [-0.2, 0) is 11.3 Å². The second-order valence-corrected chi connectivity index (χ2v) is 4.10. The molecular formula is C14H23NO2. The van der Waals surface area contributed by atoms with E-state index in [2.05, 4.69) is 31.3 Å². The van der Waals surface area contributed by atoms with Gasteiger partial charge in [0.15, 0.2) is 0 Å². The molecule has 0 aliphatic rings. The largest absolute Gasteiger partial charge is 0.491 e. The van der Waals surface area contributed by atoms with Crippen LogP contribution in [-0.4, -0.2) is 26.9 Å². The molecule has 0 bridgehead atoms. The Labute approximate surface area is 104 Å². The van der Waals surface area contributed by atoms with Gasteiger partial charge in [-0.15, -0.1) is 0 Å². The lowest BCUT2D eigenvalue weighted by Crippen LogP contribution is -2.11. The van der Waals surface area contributed by atoms with Crippen LogP contribution in [0.1, 0.15) is 24.5 Å². The van der Waals surface area contributed by atoms with Crippen LogP contribution in [0.4, 0.5) is 0 Å². The zero-order valence-corrected chi connectivity index (χ0v) is 11.1. The maximum absolute atomic E-state index is 5.73. The van der Waals surface area contributed by atoms with E-state index >= 15 is 0 Å². The number of nitrogens with one attached hydrogen (secondary N) is 1. The van der Waals surface area contributed by atoms with Gasteiger partial charge in [0.05, 0.1) is 6.61 Å². The van der Waals surface area contributed by atoms with Crippen LogP contribution in [0.2, 0.25) is 0 Å².